The van der Waals surface area contributed by atoms with Crippen molar-refractivity contribution in [1.29, 1.82) is 0 Å². The van der Waals surface area contributed by atoms with Gasteiger partial charge in [-0.25, -0.2) is 4.98 Å². The lowest BCUT2D eigenvalue weighted by Crippen LogP contribution is -2.46. The molecule has 0 N–H and O–H groups in total. The molecule has 1 fully saturated rings. The van der Waals surface area contributed by atoms with Crippen LogP contribution in [0.4, 0.5) is 5.95 Å². The van der Waals surface area contributed by atoms with E-state index in [-0.39, 0.29) is 6.79 Å². The predicted molar refractivity (Wildman–Crippen MR) is 120 cm³/mol. The highest BCUT2D eigenvalue weighted by molar-refractivity contribution is 7.13. The Morgan fingerprint density at radius 1 is 0.938 bits per heavy atom. The molecule has 0 atom stereocenters. The molecule has 4 aromatic rings. The van der Waals surface area contributed by atoms with Gasteiger partial charge in [0.05, 0.1) is 11.4 Å². The highest BCUT2D eigenvalue weighted by Gasteiger charge is 2.23. The first-order chi connectivity index (χ1) is 15.8. The third kappa shape index (κ3) is 3.67. The molecule has 2 aromatic heterocycles. The molecule has 2 aromatic carbocycles. The van der Waals surface area contributed by atoms with Crippen LogP contribution in [0, 0.1) is 0 Å². The Kier molecular flexibility index (Phi) is 4.93. The monoisotopic (exact) mass is 447 g/mol. The van der Waals surface area contributed by atoms with Crippen LogP contribution in [0.25, 0.3) is 16.3 Å². The number of piperazine rings is 1. The van der Waals surface area contributed by atoms with Crippen molar-refractivity contribution in [2.75, 3.05) is 37.9 Å². The first-order valence-corrected chi connectivity index (χ1v) is 11.4. The fourth-order valence-electron chi connectivity index (χ4n) is 3.99. The smallest absolute Gasteiger partial charge is 0.250 e. The van der Waals surface area contributed by atoms with Gasteiger partial charge in [-0.3, -0.25) is 4.90 Å². The normalized spacial score (nSPS) is 15.9. The summed E-state index contributed by atoms with van der Waals surface area (Å²) in [6.07, 6.45) is 0. The molecule has 0 spiro atoms. The van der Waals surface area contributed by atoms with Gasteiger partial charge in [0.2, 0.25) is 12.7 Å². The quantitative estimate of drug-likeness (QED) is 0.462. The van der Waals surface area contributed by atoms with E-state index in [1.807, 2.05) is 48.5 Å². The van der Waals surface area contributed by atoms with Crippen LogP contribution in [-0.4, -0.2) is 63.1 Å². The highest BCUT2D eigenvalue weighted by Crippen LogP contribution is 2.36. The second-order valence-corrected chi connectivity index (χ2v) is 8.56. The molecule has 32 heavy (non-hydrogen) atoms. The van der Waals surface area contributed by atoms with Crippen LogP contribution in [-0.2, 0) is 6.54 Å². The maximum Gasteiger partial charge on any atom is 0.250 e. The molecule has 0 aliphatic carbocycles. The summed E-state index contributed by atoms with van der Waals surface area (Å²) in [5.41, 5.74) is 3.11. The third-order valence-corrected chi connectivity index (χ3v) is 6.61. The molecule has 162 valence electrons. The number of nitrogens with zero attached hydrogens (tertiary/aromatic N) is 7. The molecule has 0 bridgehead atoms. The zero-order valence-corrected chi connectivity index (χ0v) is 18.1. The van der Waals surface area contributed by atoms with Gasteiger partial charge in [0.1, 0.15) is 5.01 Å². The van der Waals surface area contributed by atoms with Gasteiger partial charge >= 0.3 is 0 Å². The van der Waals surface area contributed by atoms with E-state index in [4.69, 9.17) is 14.5 Å². The number of tetrazole rings is 1. The molecule has 2 aliphatic rings. The molecular formula is C22H21N7O2S. The fraction of sp³-hybridized carbons (Fsp3) is 0.273. The van der Waals surface area contributed by atoms with Crippen LogP contribution in [0.5, 0.6) is 11.5 Å². The number of hydrogen-bond donors (Lipinski definition) is 0. The van der Waals surface area contributed by atoms with Gasteiger partial charge in [-0.2, -0.15) is 4.68 Å². The summed E-state index contributed by atoms with van der Waals surface area (Å²) in [6, 6.07) is 16.0. The van der Waals surface area contributed by atoms with Crippen molar-refractivity contribution in [3.63, 3.8) is 0 Å². The number of para-hydroxylation sites is 1. The SMILES string of the molecule is c1ccc(-n2nnnc2N2CCN(Cc3csc(-c4ccc5c(c4)OCO5)n3)CC2)cc1. The molecule has 6 rings (SSSR count). The molecular weight excluding hydrogens is 426 g/mol. The second-order valence-electron chi connectivity index (χ2n) is 7.70. The first kappa shape index (κ1) is 19.2. The summed E-state index contributed by atoms with van der Waals surface area (Å²) in [4.78, 5) is 9.51. The maximum absolute atomic E-state index is 5.49. The van der Waals surface area contributed by atoms with Crippen LogP contribution in [0.2, 0.25) is 0 Å². The number of aromatic nitrogens is 5. The zero-order chi connectivity index (χ0) is 21.3. The van der Waals surface area contributed by atoms with Gasteiger partial charge in [-0.1, -0.05) is 23.3 Å². The lowest BCUT2D eigenvalue weighted by Gasteiger charge is -2.34. The van der Waals surface area contributed by atoms with Crippen molar-refractivity contribution < 1.29 is 9.47 Å². The van der Waals surface area contributed by atoms with Crippen molar-refractivity contribution in [3.05, 3.63) is 59.6 Å². The van der Waals surface area contributed by atoms with Crippen LogP contribution in [0.3, 0.4) is 0 Å². The Morgan fingerprint density at radius 3 is 2.66 bits per heavy atom. The molecule has 0 unspecified atom stereocenters. The van der Waals surface area contributed by atoms with E-state index in [0.29, 0.717) is 0 Å². The number of thiazole rings is 1. The average Bonchev–Trinajstić information content (AvgIpc) is 3.60. The Hall–Kier alpha value is -3.50. The topological polar surface area (TPSA) is 81.4 Å². The number of anilines is 1. The minimum absolute atomic E-state index is 0.283. The first-order valence-electron chi connectivity index (χ1n) is 10.5. The predicted octanol–water partition coefficient (Wildman–Crippen LogP) is 2.84. The molecule has 2 aliphatic heterocycles. The molecule has 9 nitrogen and oxygen atoms in total. The molecule has 1 saturated heterocycles. The minimum atomic E-state index is 0.283. The lowest BCUT2D eigenvalue weighted by atomic mass is 10.2. The van der Waals surface area contributed by atoms with Gasteiger partial charge in [-0.15, -0.1) is 11.3 Å². The molecule has 0 radical (unpaired) electrons. The average molecular weight is 448 g/mol. The lowest BCUT2D eigenvalue weighted by molar-refractivity contribution is 0.174. The number of hydrogen-bond acceptors (Lipinski definition) is 9. The van der Waals surface area contributed by atoms with Gasteiger partial charge in [-0.05, 0) is 40.8 Å². The zero-order valence-electron chi connectivity index (χ0n) is 17.3. The standard InChI is InChI=1S/C22H21N7O2S/c1-2-4-18(5-3-1)29-22(24-25-26-29)28-10-8-27(9-11-28)13-17-14-32-21(23-17)16-6-7-19-20(12-16)31-15-30-19/h1-7,12,14H,8-11,13,15H2. The van der Waals surface area contributed by atoms with Crippen molar-refractivity contribution in [2.45, 2.75) is 6.54 Å². The number of fused-ring (bicyclic) bond motifs is 1. The Morgan fingerprint density at radius 2 is 1.78 bits per heavy atom. The van der Waals surface area contributed by atoms with Crippen molar-refractivity contribution in [1.82, 2.24) is 30.1 Å². The summed E-state index contributed by atoms with van der Waals surface area (Å²) < 4.78 is 12.7. The van der Waals surface area contributed by atoms with E-state index in [1.165, 1.54) is 0 Å². The molecule has 0 saturated carbocycles. The summed E-state index contributed by atoms with van der Waals surface area (Å²) >= 11 is 1.66. The van der Waals surface area contributed by atoms with Gasteiger partial charge in [0, 0.05) is 43.7 Å². The largest absolute Gasteiger partial charge is 0.454 e. The van der Waals surface area contributed by atoms with Crippen molar-refractivity contribution in [2.24, 2.45) is 0 Å². The molecule has 0 amide bonds. The number of ether oxygens (including phenoxy) is 2. The van der Waals surface area contributed by atoms with E-state index < -0.39 is 0 Å². The van der Waals surface area contributed by atoms with E-state index in [2.05, 4.69) is 30.7 Å². The fourth-order valence-corrected chi connectivity index (χ4v) is 4.80. The van der Waals surface area contributed by atoms with E-state index in [1.54, 1.807) is 16.0 Å². The van der Waals surface area contributed by atoms with Gasteiger partial charge in [0.25, 0.3) is 0 Å². The second kappa shape index (κ2) is 8.21. The Bertz CT molecular complexity index is 1220. The maximum atomic E-state index is 5.49. The van der Waals surface area contributed by atoms with Crippen LogP contribution in [0.1, 0.15) is 5.69 Å². The number of rotatable bonds is 5. The summed E-state index contributed by atoms with van der Waals surface area (Å²) in [7, 11) is 0. The Balaban J connectivity index is 1.10. The van der Waals surface area contributed by atoms with Crippen molar-refractivity contribution >= 4 is 17.3 Å². The third-order valence-electron chi connectivity index (χ3n) is 5.67. The number of benzene rings is 2. The van der Waals surface area contributed by atoms with Crippen molar-refractivity contribution in [3.8, 4) is 27.8 Å². The molecule has 10 heteroatoms. The summed E-state index contributed by atoms with van der Waals surface area (Å²) in [5, 5.41) is 15.5. The summed E-state index contributed by atoms with van der Waals surface area (Å²) in [5.74, 6) is 2.37. The van der Waals surface area contributed by atoms with Gasteiger partial charge < -0.3 is 14.4 Å². The minimum Gasteiger partial charge on any atom is -0.454 e. The van der Waals surface area contributed by atoms with Gasteiger partial charge in [0.15, 0.2) is 11.5 Å². The van der Waals surface area contributed by atoms with E-state index in [9.17, 15) is 0 Å². The van der Waals surface area contributed by atoms with Crippen LogP contribution in [0.15, 0.2) is 53.9 Å². The highest BCUT2D eigenvalue weighted by atomic mass is 32.1. The van der Waals surface area contributed by atoms with Crippen LogP contribution < -0.4 is 14.4 Å². The van der Waals surface area contributed by atoms with E-state index in [0.717, 1.165) is 72.1 Å². The Labute approximate surface area is 188 Å². The van der Waals surface area contributed by atoms with Crippen LogP contribution >= 0.6 is 11.3 Å². The molecule has 4 heterocycles. The van der Waals surface area contributed by atoms with E-state index >= 15 is 0 Å². The summed E-state index contributed by atoms with van der Waals surface area (Å²) in [6.45, 7) is 4.71.